The van der Waals surface area contributed by atoms with Gasteiger partial charge in [-0.15, -0.1) is 0 Å². The van der Waals surface area contributed by atoms with Gasteiger partial charge < -0.3 is 11.1 Å². The summed E-state index contributed by atoms with van der Waals surface area (Å²) in [5, 5.41) is 3.65. The number of rotatable bonds is 6. The van der Waals surface area contributed by atoms with Crippen LogP contribution in [0.25, 0.3) is 0 Å². The minimum absolute atomic E-state index is 0.0483. The van der Waals surface area contributed by atoms with Crippen molar-refractivity contribution in [1.82, 2.24) is 5.32 Å². The van der Waals surface area contributed by atoms with Gasteiger partial charge in [-0.25, -0.2) is 4.21 Å². The number of benzene rings is 1. The monoisotopic (exact) mass is 499 g/mol. The lowest BCUT2D eigenvalue weighted by atomic mass is 9.47. The number of carbonyl (C=O) groups is 2. The van der Waals surface area contributed by atoms with Crippen LogP contribution in [0.2, 0.25) is 10.0 Å². The number of hydrogen-bond donors (Lipinski definition) is 3. The Morgan fingerprint density at radius 1 is 1.16 bits per heavy atom. The molecular formula is C22H27Cl2N3O4S. The van der Waals surface area contributed by atoms with Crippen LogP contribution in [0.15, 0.2) is 18.2 Å². The van der Waals surface area contributed by atoms with Crippen LogP contribution in [0.4, 0.5) is 5.69 Å². The fourth-order valence-electron chi connectivity index (χ4n) is 6.99. The highest BCUT2D eigenvalue weighted by Gasteiger charge is 2.60. The van der Waals surface area contributed by atoms with Crippen LogP contribution < -0.4 is 15.4 Å². The maximum absolute atomic E-state index is 13.7. The first-order chi connectivity index (χ1) is 15.2. The number of anilines is 1. The van der Waals surface area contributed by atoms with E-state index in [0.717, 1.165) is 25.7 Å². The standard InChI is InChI=1S/C22H27Cl2N3O4S/c23-15-3-1-4-16(17(15)24)27(32(30)31)22(5-2-6-22)20(29)26-18-13-7-12-8-14(18)11-21(9-12,10-13)19(25)28/h1,3-4,12-14,18H,2,5-11H2,(H2,25,28)(H,26,29)(H,30,31). The van der Waals surface area contributed by atoms with Gasteiger partial charge in [0.2, 0.25) is 11.8 Å². The molecule has 2 amide bonds. The molecule has 3 atom stereocenters. The fraction of sp³-hybridized carbons (Fsp3) is 0.636. The van der Waals surface area contributed by atoms with Gasteiger partial charge in [-0.2, -0.15) is 0 Å². The van der Waals surface area contributed by atoms with Crippen molar-refractivity contribution >= 4 is 52.0 Å². The molecule has 5 saturated carbocycles. The lowest BCUT2D eigenvalue weighted by Crippen LogP contribution is -2.68. The predicted octanol–water partition coefficient (Wildman–Crippen LogP) is 3.66. The van der Waals surface area contributed by atoms with E-state index in [2.05, 4.69) is 5.32 Å². The zero-order chi connectivity index (χ0) is 22.8. The molecule has 4 bridgehead atoms. The first-order valence-corrected chi connectivity index (χ1v) is 12.9. The quantitative estimate of drug-likeness (QED) is 0.518. The summed E-state index contributed by atoms with van der Waals surface area (Å²) in [5.41, 5.74) is 4.46. The second kappa shape index (κ2) is 7.86. The molecule has 0 radical (unpaired) electrons. The van der Waals surface area contributed by atoms with Gasteiger partial charge in [-0.05, 0) is 81.3 Å². The van der Waals surface area contributed by atoms with Crippen molar-refractivity contribution < 1.29 is 18.4 Å². The van der Waals surface area contributed by atoms with Crippen molar-refractivity contribution in [2.45, 2.75) is 62.9 Å². The third-order valence-corrected chi connectivity index (χ3v) is 10.1. The second-order valence-electron chi connectivity index (χ2n) is 10.1. The molecule has 7 nitrogen and oxygen atoms in total. The molecule has 6 rings (SSSR count). The third kappa shape index (κ3) is 3.29. The minimum Gasteiger partial charge on any atom is -0.369 e. The lowest BCUT2D eigenvalue weighted by Gasteiger charge is -2.59. The molecule has 0 heterocycles. The van der Waals surface area contributed by atoms with E-state index in [1.54, 1.807) is 18.2 Å². The SMILES string of the molecule is NC(=O)C12CC3CC(C1)C(NC(=O)C1(N(c4cccc(Cl)c4Cl)S(=O)O)CCC1)C(C3)C2. The Morgan fingerprint density at radius 2 is 1.81 bits per heavy atom. The van der Waals surface area contributed by atoms with Gasteiger partial charge >= 0.3 is 0 Å². The molecule has 0 aliphatic heterocycles. The zero-order valence-corrected chi connectivity index (χ0v) is 19.9. The van der Waals surface area contributed by atoms with Gasteiger partial charge in [0.05, 0.1) is 15.7 Å². The Balaban J connectivity index is 1.43. The number of amides is 2. The smallest absolute Gasteiger partial charge is 0.262 e. The summed E-state index contributed by atoms with van der Waals surface area (Å²) in [4.78, 5) is 25.9. The van der Waals surface area contributed by atoms with Gasteiger partial charge in [0.1, 0.15) is 5.54 Å². The Hall–Kier alpha value is -1.35. The molecule has 10 heteroatoms. The Bertz CT molecular complexity index is 985. The van der Waals surface area contributed by atoms with Crippen molar-refractivity contribution in [3.05, 3.63) is 28.2 Å². The number of hydrogen-bond acceptors (Lipinski definition) is 3. The molecule has 32 heavy (non-hydrogen) atoms. The van der Waals surface area contributed by atoms with Crippen molar-refractivity contribution in [2.24, 2.45) is 28.9 Å². The maximum Gasteiger partial charge on any atom is 0.262 e. The number of nitrogens with zero attached hydrogens (tertiary/aromatic N) is 1. The van der Waals surface area contributed by atoms with E-state index in [9.17, 15) is 18.4 Å². The second-order valence-corrected chi connectivity index (χ2v) is 11.7. The molecule has 5 aliphatic rings. The van der Waals surface area contributed by atoms with Crippen LogP contribution >= 0.6 is 23.2 Å². The van der Waals surface area contributed by atoms with Crippen LogP contribution in [0.3, 0.4) is 0 Å². The van der Waals surface area contributed by atoms with Crippen LogP contribution in [0.1, 0.15) is 51.4 Å². The molecule has 3 unspecified atom stereocenters. The van der Waals surface area contributed by atoms with E-state index in [1.807, 2.05) is 0 Å². The number of halogens is 2. The highest BCUT2D eigenvalue weighted by atomic mass is 35.5. The van der Waals surface area contributed by atoms with E-state index in [1.165, 1.54) is 4.31 Å². The first-order valence-electron chi connectivity index (χ1n) is 11.1. The van der Waals surface area contributed by atoms with E-state index < -0.39 is 22.2 Å². The normalized spacial score (nSPS) is 35.1. The third-order valence-electron chi connectivity index (χ3n) is 8.39. The number of nitrogens with two attached hydrogens (primary N) is 1. The average molecular weight is 500 g/mol. The maximum atomic E-state index is 13.7. The van der Waals surface area contributed by atoms with Crippen LogP contribution in [0, 0.1) is 23.2 Å². The fourth-order valence-corrected chi connectivity index (χ4v) is 8.31. The van der Waals surface area contributed by atoms with Crippen LogP contribution in [-0.2, 0) is 20.9 Å². The van der Waals surface area contributed by atoms with Gasteiger partial charge in [-0.1, -0.05) is 29.3 Å². The highest BCUT2D eigenvalue weighted by molar-refractivity contribution is 7.80. The van der Waals surface area contributed by atoms with Crippen molar-refractivity contribution in [3.8, 4) is 0 Å². The van der Waals surface area contributed by atoms with Gasteiger partial charge in [0.25, 0.3) is 11.3 Å². The molecule has 5 aliphatic carbocycles. The van der Waals surface area contributed by atoms with Crippen molar-refractivity contribution in [3.63, 3.8) is 0 Å². The summed E-state index contributed by atoms with van der Waals surface area (Å²) in [5.74, 6) is 0.426. The molecule has 0 spiro atoms. The Morgan fingerprint density at radius 3 is 2.34 bits per heavy atom. The van der Waals surface area contributed by atoms with Crippen LogP contribution in [0.5, 0.6) is 0 Å². The summed E-state index contributed by atoms with van der Waals surface area (Å²) in [6, 6.07) is 4.81. The molecule has 4 N–H and O–H groups in total. The van der Waals surface area contributed by atoms with E-state index >= 15 is 0 Å². The summed E-state index contributed by atoms with van der Waals surface area (Å²) in [6.45, 7) is 0. The molecule has 1 aromatic rings. The van der Waals surface area contributed by atoms with Gasteiger partial charge in [0.15, 0.2) is 0 Å². The van der Waals surface area contributed by atoms with Gasteiger partial charge in [0, 0.05) is 11.5 Å². The van der Waals surface area contributed by atoms with Gasteiger partial charge in [-0.3, -0.25) is 18.4 Å². The lowest BCUT2D eigenvalue weighted by molar-refractivity contribution is -0.148. The summed E-state index contributed by atoms with van der Waals surface area (Å²) < 4.78 is 23.9. The molecule has 174 valence electrons. The highest BCUT2D eigenvalue weighted by Crippen LogP contribution is 2.60. The Kier molecular flexibility index (Phi) is 5.51. The molecule has 0 aromatic heterocycles. The summed E-state index contributed by atoms with van der Waals surface area (Å²) >= 11 is 10.1. The van der Waals surface area contributed by atoms with Crippen LogP contribution in [-0.4, -0.2) is 32.2 Å². The number of carbonyl (C=O) groups excluding carboxylic acids is 2. The minimum atomic E-state index is -2.47. The molecule has 1 aromatic carbocycles. The molecular weight excluding hydrogens is 473 g/mol. The summed E-state index contributed by atoms with van der Waals surface area (Å²) in [6.07, 6.45) is 5.92. The largest absolute Gasteiger partial charge is 0.369 e. The van der Waals surface area contributed by atoms with E-state index in [-0.39, 0.29) is 45.4 Å². The van der Waals surface area contributed by atoms with Crippen molar-refractivity contribution in [2.75, 3.05) is 4.31 Å². The molecule has 0 saturated heterocycles. The van der Waals surface area contributed by atoms with E-state index in [4.69, 9.17) is 28.9 Å². The number of primary amides is 1. The Labute approximate surface area is 199 Å². The molecule has 5 fully saturated rings. The van der Waals surface area contributed by atoms with Crippen molar-refractivity contribution in [1.29, 1.82) is 0 Å². The first kappa shape index (κ1) is 22.4. The zero-order valence-electron chi connectivity index (χ0n) is 17.6. The van der Waals surface area contributed by atoms with E-state index in [0.29, 0.717) is 31.6 Å². The number of nitrogens with one attached hydrogen (secondary N) is 1. The summed E-state index contributed by atoms with van der Waals surface area (Å²) in [7, 11) is 0. The predicted molar refractivity (Wildman–Crippen MR) is 123 cm³/mol. The topological polar surface area (TPSA) is 113 Å². The average Bonchev–Trinajstić information content (AvgIpc) is 2.69.